The number of carbonyl (C=O) groups excluding carboxylic acids is 3. The maximum Gasteiger partial charge on any atom is 0.294 e. The monoisotopic (exact) mass is 598 g/mol. The minimum absolute atomic E-state index is 0.203. The molecule has 194 valence electrons. The van der Waals surface area contributed by atoms with Gasteiger partial charge in [-0.3, -0.25) is 19.3 Å². The molecule has 0 spiro atoms. The summed E-state index contributed by atoms with van der Waals surface area (Å²) in [6.07, 6.45) is 1.58. The Bertz CT molecular complexity index is 1450. The number of anilines is 1. The number of thioether (sulfide) groups is 1. The SMILES string of the molecule is O=C(CN1C(=O)S/C(=C\c2ccc(OCc3ccc(F)cc3)c(Br)c2)C1=O)Nc1ccc2c(c1)OCCO2. The van der Waals surface area contributed by atoms with Gasteiger partial charge in [-0.05, 0) is 81.3 Å². The van der Waals surface area contributed by atoms with Crippen LogP contribution in [0.1, 0.15) is 11.1 Å². The van der Waals surface area contributed by atoms with Gasteiger partial charge in [0.2, 0.25) is 5.91 Å². The van der Waals surface area contributed by atoms with Gasteiger partial charge in [-0.25, -0.2) is 4.39 Å². The molecule has 0 atom stereocenters. The number of fused-ring (bicyclic) bond motifs is 1. The highest BCUT2D eigenvalue weighted by molar-refractivity contribution is 9.10. The standard InChI is InChI=1S/C27H20BrFN2O6S/c28-20-11-17(3-7-21(20)37-15-16-1-4-18(29)5-2-16)12-24-26(33)31(27(34)38-24)14-25(32)30-19-6-8-22-23(13-19)36-10-9-35-22/h1-8,11-13H,9-10,14-15H2,(H,30,32)/b24-12-. The molecule has 2 aliphatic heterocycles. The highest BCUT2D eigenvalue weighted by Crippen LogP contribution is 2.35. The van der Waals surface area contributed by atoms with Crippen molar-refractivity contribution in [2.45, 2.75) is 6.61 Å². The van der Waals surface area contributed by atoms with E-state index in [0.717, 1.165) is 22.2 Å². The van der Waals surface area contributed by atoms with Crippen molar-refractivity contribution in [1.82, 2.24) is 4.90 Å². The van der Waals surface area contributed by atoms with Gasteiger partial charge in [0.1, 0.15) is 37.9 Å². The summed E-state index contributed by atoms with van der Waals surface area (Å²) in [7, 11) is 0. The largest absolute Gasteiger partial charge is 0.488 e. The summed E-state index contributed by atoms with van der Waals surface area (Å²) < 4.78 is 30.5. The second kappa shape index (κ2) is 11.3. The van der Waals surface area contributed by atoms with Crippen LogP contribution in [-0.2, 0) is 16.2 Å². The zero-order valence-corrected chi connectivity index (χ0v) is 22.1. The Balaban J connectivity index is 1.20. The quantitative estimate of drug-likeness (QED) is 0.353. The van der Waals surface area contributed by atoms with E-state index in [2.05, 4.69) is 21.2 Å². The zero-order chi connectivity index (χ0) is 26.6. The number of nitrogens with one attached hydrogen (secondary N) is 1. The van der Waals surface area contributed by atoms with E-state index in [9.17, 15) is 18.8 Å². The van der Waals surface area contributed by atoms with Gasteiger partial charge < -0.3 is 19.5 Å². The lowest BCUT2D eigenvalue weighted by molar-refractivity contribution is -0.127. The van der Waals surface area contributed by atoms with E-state index in [0.29, 0.717) is 46.2 Å². The maximum atomic E-state index is 13.1. The summed E-state index contributed by atoms with van der Waals surface area (Å²) in [4.78, 5) is 39.0. The van der Waals surface area contributed by atoms with Crippen molar-refractivity contribution in [1.29, 1.82) is 0 Å². The molecule has 3 aromatic carbocycles. The van der Waals surface area contributed by atoms with E-state index in [4.69, 9.17) is 14.2 Å². The molecule has 0 aromatic heterocycles. The lowest BCUT2D eigenvalue weighted by Gasteiger charge is -2.19. The summed E-state index contributed by atoms with van der Waals surface area (Å²) in [5.41, 5.74) is 1.94. The highest BCUT2D eigenvalue weighted by Gasteiger charge is 2.36. The van der Waals surface area contributed by atoms with E-state index in [1.54, 1.807) is 54.6 Å². The number of imide groups is 1. The fourth-order valence-electron chi connectivity index (χ4n) is 3.72. The summed E-state index contributed by atoms with van der Waals surface area (Å²) in [6.45, 7) is 0.704. The van der Waals surface area contributed by atoms with E-state index >= 15 is 0 Å². The first-order valence-corrected chi connectivity index (χ1v) is 13.1. The number of rotatable bonds is 7. The summed E-state index contributed by atoms with van der Waals surface area (Å²) in [5, 5.41) is 2.15. The first-order chi connectivity index (χ1) is 18.4. The van der Waals surface area contributed by atoms with E-state index in [1.165, 1.54) is 12.1 Å². The molecule has 11 heteroatoms. The van der Waals surface area contributed by atoms with Crippen LogP contribution in [0.3, 0.4) is 0 Å². The number of hydrogen-bond acceptors (Lipinski definition) is 7. The lowest BCUT2D eigenvalue weighted by atomic mass is 10.2. The Labute approximate surface area is 229 Å². The molecule has 0 aliphatic carbocycles. The Morgan fingerprint density at radius 3 is 2.58 bits per heavy atom. The molecule has 0 unspecified atom stereocenters. The van der Waals surface area contributed by atoms with Crippen LogP contribution in [0.4, 0.5) is 14.9 Å². The molecule has 8 nitrogen and oxygen atoms in total. The lowest BCUT2D eigenvalue weighted by Crippen LogP contribution is -2.36. The molecule has 1 N–H and O–H groups in total. The van der Waals surface area contributed by atoms with Crippen LogP contribution in [0.25, 0.3) is 6.08 Å². The van der Waals surface area contributed by atoms with Crippen molar-refractivity contribution in [3.63, 3.8) is 0 Å². The van der Waals surface area contributed by atoms with Gasteiger partial charge in [-0.2, -0.15) is 0 Å². The molecule has 0 radical (unpaired) electrons. The van der Waals surface area contributed by atoms with E-state index in [-0.39, 0.29) is 17.3 Å². The average Bonchev–Trinajstić information content (AvgIpc) is 3.16. The van der Waals surface area contributed by atoms with Crippen LogP contribution in [0.2, 0.25) is 0 Å². The number of ether oxygens (including phenoxy) is 3. The molecular formula is C27H20BrFN2O6S. The minimum Gasteiger partial charge on any atom is -0.488 e. The van der Waals surface area contributed by atoms with Crippen molar-refractivity contribution in [3.8, 4) is 17.2 Å². The average molecular weight is 599 g/mol. The van der Waals surface area contributed by atoms with Gasteiger partial charge in [-0.1, -0.05) is 18.2 Å². The van der Waals surface area contributed by atoms with Gasteiger partial charge in [0, 0.05) is 11.8 Å². The fraction of sp³-hybridized carbons (Fsp3) is 0.148. The van der Waals surface area contributed by atoms with Gasteiger partial charge >= 0.3 is 0 Å². The number of hydrogen-bond donors (Lipinski definition) is 1. The second-order valence-electron chi connectivity index (χ2n) is 8.28. The van der Waals surface area contributed by atoms with E-state index in [1.807, 2.05) is 0 Å². The number of halogens is 2. The third-order valence-corrected chi connectivity index (χ3v) is 7.09. The zero-order valence-electron chi connectivity index (χ0n) is 19.7. The molecule has 5 rings (SSSR count). The van der Waals surface area contributed by atoms with Crippen molar-refractivity contribution >= 4 is 56.5 Å². The molecular weight excluding hydrogens is 579 g/mol. The normalized spacial score (nSPS) is 15.6. The predicted molar refractivity (Wildman–Crippen MR) is 144 cm³/mol. The van der Waals surface area contributed by atoms with Crippen molar-refractivity contribution < 1.29 is 33.0 Å². The van der Waals surface area contributed by atoms with E-state index < -0.39 is 23.6 Å². The molecule has 0 bridgehead atoms. The van der Waals surface area contributed by atoms with Crippen LogP contribution >= 0.6 is 27.7 Å². The molecule has 38 heavy (non-hydrogen) atoms. The van der Waals surface area contributed by atoms with Crippen LogP contribution in [0.15, 0.2) is 70.0 Å². The Hall–Kier alpha value is -3.83. The smallest absolute Gasteiger partial charge is 0.294 e. The van der Waals surface area contributed by atoms with Gasteiger partial charge in [0.05, 0.1) is 9.38 Å². The van der Waals surface area contributed by atoms with Crippen LogP contribution < -0.4 is 19.5 Å². The maximum absolute atomic E-state index is 13.1. The molecule has 1 saturated heterocycles. The van der Waals surface area contributed by atoms with Crippen molar-refractivity contribution in [3.05, 3.63) is 87.0 Å². The Morgan fingerprint density at radius 1 is 1.05 bits per heavy atom. The van der Waals surface area contributed by atoms with Gasteiger partial charge in [0.25, 0.3) is 11.1 Å². The molecule has 3 aromatic rings. The molecule has 2 aliphatic rings. The number of carbonyl (C=O) groups is 3. The third kappa shape index (κ3) is 6.00. The Kier molecular flexibility index (Phi) is 7.66. The summed E-state index contributed by atoms with van der Waals surface area (Å²) >= 11 is 4.22. The molecule has 2 heterocycles. The first kappa shape index (κ1) is 25.8. The van der Waals surface area contributed by atoms with Crippen LogP contribution in [0, 0.1) is 5.82 Å². The molecule has 0 saturated carbocycles. The van der Waals surface area contributed by atoms with Gasteiger partial charge in [0.15, 0.2) is 11.5 Å². The van der Waals surface area contributed by atoms with Crippen molar-refractivity contribution in [2.75, 3.05) is 25.1 Å². The number of benzene rings is 3. The van der Waals surface area contributed by atoms with Crippen LogP contribution in [0.5, 0.6) is 17.2 Å². The first-order valence-electron chi connectivity index (χ1n) is 11.5. The number of amides is 3. The summed E-state index contributed by atoms with van der Waals surface area (Å²) in [6, 6.07) is 16.2. The minimum atomic E-state index is -0.551. The fourth-order valence-corrected chi connectivity index (χ4v) is 5.07. The van der Waals surface area contributed by atoms with Gasteiger partial charge in [-0.15, -0.1) is 0 Å². The highest BCUT2D eigenvalue weighted by atomic mass is 79.9. The third-order valence-electron chi connectivity index (χ3n) is 5.56. The van der Waals surface area contributed by atoms with Crippen molar-refractivity contribution in [2.24, 2.45) is 0 Å². The number of nitrogens with zero attached hydrogens (tertiary/aromatic N) is 1. The topological polar surface area (TPSA) is 94.2 Å². The predicted octanol–water partition coefficient (Wildman–Crippen LogP) is 5.61. The molecule has 3 amide bonds. The summed E-state index contributed by atoms with van der Waals surface area (Å²) in [5.74, 6) is 0.283. The molecule has 1 fully saturated rings. The second-order valence-corrected chi connectivity index (χ2v) is 10.1. The van der Waals surface area contributed by atoms with Crippen LogP contribution in [-0.4, -0.2) is 41.7 Å². The Morgan fingerprint density at radius 2 is 1.82 bits per heavy atom.